The van der Waals surface area contributed by atoms with Crippen LogP contribution in [0.3, 0.4) is 0 Å². The molecule has 6 aliphatic heterocycles. The Morgan fingerprint density at radius 2 is 1.30 bits per heavy atom. The van der Waals surface area contributed by atoms with Crippen molar-refractivity contribution in [3.8, 4) is 5.75 Å². The predicted molar refractivity (Wildman–Crippen MR) is 184 cm³/mol. The normalized spacial score (nSPS) is 31.1. The molecule has 7 heteroatoms. The molecule has 2 unspecified atom stereocenters. The van der Waals surface area contributed by atoms with E-state index in [1.165, 1.54) is 12.8 Å². The van der Waals surface area contributed by atoms with E-state index in [1.54, 1.807) is 13.3 Å². The number of methoxy groups -OCH3 is 1. The van der Waals surface area contributed by atoms with E-state index in [0.717, 1.165) is 77.7 Å². The highest BCUT2D eigenvalue weighted by molar-refractivity contribution is 5.84. The van der Waals surface area contributed by atoms with Crippen molar-refractivity contribution in [3.05, 3.63) is 103 Å². The fourth-order valence-electron chi connectivity index (χ4n) is 8.73. The van der Waals surface area contributed by atoms with Gasteiger partial charge in [-0.3, -0.25) is 19.8 Å². The van der Waals surface area contributed by atoms with Crippen molar-refractivity contribution in [2.75, 3.05) is 33.3 Å². The van der Waals surface area contributed by atoms with Crippen molar-refractivity contribution in [2.45, 2.75) is 50.0 Å². The van der Waals surface area contributed by atoms with Gasteiger partial charge in [-0.15, -0.1) is 13.2 Å². The molecule has 6 saturated heterocycles. The number of aromatic nitrogens is 2. The van der Waals surface area contributed by atoms with Gasteiger partial charge in [0.2, 0.25) is 0 Å². The van der Waals surface area contributed by atoms with E-state index in [-0.39, 0.29) is 12.1 Å². The number of para-hydroxylation sites is 1. The summed E-state index contributed by atoms with van der Waals surface area (Å²) in [6, 6.07) is 18.2. The average molecular weight is 619 g/mol. The summed E-state index contributed by atoms with van der Waals surface area (Å²) in [7, 11) is 1.66. The molecule has 4 aromatic rings. The number of aliphatic hydroxyl groups is 2. The van der Waals surface area contributed by atoms with Gasteiger partial charge in [0, 0.05) is 48.3 Å². The molecule has 0 aliphatic carbocycles. The van der Waals surface area contributed by atoms with E-state index < -0.39 is 12.2 Å². The average Bonchev–Trinajstić information content (AvgIpc) is 3.13. The van der Waals surface area contributed by atoms with Gasteiger partial charge in [0.25, 0.3) is 0 Å². The van der Waals surface area contributed by atoms with E-state index in [2.05, 4.69) is 51.1 Å². The lowest BCUT2D eigenvalue weighted by Gasteiger charge is -2.50. The Balaban J connectivity index is 0.000000147. The largest absolute Gasteiger partial charge is 0.497 e. The minimum atomic E-state index is -0.504. The number of hydrogen-bond acceptors (Lipinski definition) is 7. The van der Waals surface area contributed by atoms with Crippen LogP contribution in [0.1, 0.15) is 49.0 Å². The van der Waals surface area contributed by atoms with Crippen molar-refractivity contribution < 1.29 is 14.9 Å². The van der Waals surface area contributed by atoms with Crippen LogP contribution in [0, 0.1) is 23.7 Å². The van der Waals surface area contributed by atoms with Gasteiger partial charge in [0.05, 0.1) is 30.4 Å². The number of aliphatic hydroxyl groups excluding tert-OH is 2. The van der Waals surface area contributed by atoms with Crippen LogP contribution in [0.15, 0.2) is 92.3 Å². The lowest BCUT2D eigenvalue weighted by molar-refractivity contribution is -0.0445. The van der Waals surface area contributed by atoms with Gasteiger partial charge >= 0.3 is 0 Å². The highest BCUT2D eigenvalue weighted by Crippen LogP contribution is 2.43. The van der Waals surface area contributed by atoms with Gasteiger partial charge in [0.15, 0.2) is 0 Å². The zero-order valence-electron chi connectivity index (χ0n) is 26.8. The Morgan fingerprint density at radius 3 is 1.83 bits per heavy atom. The molecule has 6 aliphatic rings. The molecule has 6 fully saturated rings. The van der Waals surface area contributed by atoms with Crippen molar-refractivity contribution >= 4 is 21.8 Å². The monoisotopic (exact) mass is 618 g/mol. The van der Waals surface area contributed by atoms with E-state index >= 15 is 0 Å². The summed E-state index contributed by atoms with van der Waals surface area (Å²) < 4.78 is 5.35. The van der Waals surface area contributed by atoms with Gasteiger partial charge in [-0.1, -0.05) is 30.4 Å². The quantitative estimate of drug-likeness (QED) is 0.234. The number of hydrogen-bond donors (Lipinski definition) is 2. The Kier molecular flexibility index (Phi) is 8.93. The molecule has 0 radical (unpaired) electrons. The zero-order valence-corrected chi connectivity index (χ0v) is 26.8. The van der Waals surface area contributed by atoms with E-state index in [0.29, 0.717) is 23.7 Å². The third-order valence-electron chi connectivity index (χ3n) is 11.3. The molecule has 8 heterocycles. The van der Waals surface area contributed by atoms with Crippen molar-refractivity contribution in [3.63, 3.8) is 0 Å². The molecule has 10 atom stereocenters. The minimum absolute atomic E-state index is 0.178. The first-order chi connectivity index (χ1) is 22.5. The predicted octanol–water partition coefficient (Wildman–Crippen LogP) is 6.34. The Morgan fingerprint density at radius 1 is 0.761 bits per heavy atom. The first kappa shape index (κ1) is 31.0. The standard InChI is InChI=1S/C20H24N2O2.C19H22N2O/c1-3-13-12-22-9-7-14(13)10-19(22)20(23)16-6-8-21-18-5-4-15(24-2)11-17(16)18;1-2-13-12-21-10-8-14(13)11-18(21)19(22)16-7-9-20-17-6-4-3-5-15(16)17/h3-6,8,11,13-14,19-20,23H,1,7,9-10,12H2,2H3;2-7,9,13-14,18-19,22H,1,8,10-12H2/t13-,14-,19+,20-;13-,14-,18+,19-/m00/s1. The summed E-state index contributed by atoms with van der Waals surface area (Å²) in [5.74, 6) is 3.27. The number of rotatable bonds is 7. The van der Waals surface area contributed by atoms with Gasteiger partial charge in [-0.2, -0.15) is 0 Å². The van der Waals surface area contributed by atoms with Crippen LogP contribution in [0.2, 0.25) is 0 Å². The van der Waals surface area contributed by atoms with Crippen LogP contribution in [-0.2, 0) is 0 Å². The van der Waals surface area contributed by atoms with Crippen molar-refractivity contribution in [1.82, 2.24) is 19.8 Å². The maximum absolute atomic E-state index is 11.2. The van der Waals surface area contributed by atoms with E-state index in [4.69, 9.17) is 4.74 Å². The lowest BCUT2D eigenvalue weighted by Crippen LogP contribution is -2.54. The highest BCUT2D eigenvalue weighted by Gasteiger charge is 2.43. The third-order valence-corrected chi connectivity index (χ3v) is 11.3. The minimum Gasteiger partial charge on any atom is -0.497 e. The molecular weight excluding hydrogens is 572 g/mol. The molecular formula is C39H46N4O3. The first-order valence-corrected chi connectivity index (χ1v) is 16.8. The summed E-state index contributed by atoms with van der Waals surface area (Å²) in [6.07, 6.45) is 11.4. The van der Waals surface area contributed by atoms with Crippen LogP contribution < -0.4 is 4.74 Å². The number of fused-ring (bicyclic) bond motifs is 8. The van der Waals surface area contributed by atoms with Crippen LogP contribution in [0.5, 0.6) is 5.75 Å². The lowest BCUT2D eigenvalue weighted by atomic mass is 9.73. The molecule has 0 saturated carbocycles. The number of nitrogens with zero attached hydrogens (tertiary/aromatic N) is 4. The van der Waals surface area contributed by atoms with Crippen LogP contribution in [-0.4, -0.2) is 75.4 Å². The Bertz CT molecular complexity index is 1700. The van der Waals surface area contributed by atoms with Crippen molar-refractivity contribution in [2.24, 2.45) is 23.7 Å². The number of piperidine rings is 6. The SMILES string of the molecule is C=C[C@H]1CN2CC[C@H]1C[C@@H]2[C@@H](O)c1ccnc2ccc(OC)cc12.C=C[C@H]1CN2CC[C@H]1C[C@@H]2[C@@H](O)c1ccnc2ccccc12. The fourth-order valence-corrected chi connectivity index (χ4v) is 8.73. The summed E-state index contributed by atoms with van der Waals surface area (Å²) in [5.41, 5.74) is 3.82. The molecule has 240 valence electrons. The highest BCUT2D eigenvalue weighted by atomic mass is 16.5. The van der Waals surface area contributed by atoms with Crippen LogP contribution in [0.25, 0.3) is 21.8 Å². The van der Waals surface area contributed by atoms with Gasteiger partial charge in [0.1, 0.15) is 5.75 Å². The third kappa shape index (κ3) is 5.75. The van der Waals surface area contributed by atoms with Gasteiger partial charge < -0.3 is 14.9 Å². The van der Waals surface area contributed by atoms with Crippen LogP contribution >= 0.6 is 0 Å². The van der Waals surface area contributed by atoms with Gasteiger partial charge in [-0.05, 0) is 110 Å². The van der Waals surface area contributed by atoms with E-state index in [1.807, 2.05) is 54.7 Å². The number of benzene rings is 2. The van der Waals surface area contributed by atoms with Gasteiger partial charge in [-0.25, -0.2) is 0 Å². The molecule has 2 aromatic heterocycles. The molecule has 0 amide bonds. The second kappa shape index (κ2) is 13.2. The molecule has 7 nitrogen and oxygen atoms in total. The Hall–Kier alpha value is -3.62. The summed E-state index contributed by atoms with van der Waals surface area (Å²) >= 11 is 0. The molecule has 4 bridgehead atoms. The molecule has 2 N–H and O–H groups in total. The maximum atomic E-state index is 11.2. The number of ether oxygens (including phenoxy) is 1. The molecule has 2 aromatic carbocycles. The van der Waals surface area contributed by atoms with Crippen LogP contribution in [0.4, 0.5) is 0 Å². The second-order valence-electron chi connectivity index (χ2n) is 13.6. The summed E-state index contributed by atoms with van der Waals surface area (Å²) in [6.45, 7) is 12.2. The molecule has 46 heavy (non-hydrogen) atoms. The zero-order chi connectivity index (χ0) is 31.8. The smallest absolute Gasteiger partial charge is 0.119 e. The molecule has 10 rings (SSSR count). The second-order valence-corrected chi connectivity index (χ2v) is 13.6. The summed E-state index contributed by atoms with van der Waals surface area (Å²) in [4.78, 5) is 13.7. The number of pyridine rings is 2. The summed E-state index contributed by atoms with van der Waals surface area (Å²) in [5, 5.41) is 24.2. The maximum Gasteiger partial charge on any atom is 0.119 e. The van der Waals surface area contributed by atoms with Crippen molar-refractivity contribution in [1.29, 1.82) is 0 Å². The first-order valence-electron chi connectivity index (χ1n) is 16.8. The molecule has 0 spiro atoms. The van der Waals surface area contributed by atoms with E-state index in [9.17, 15) is 10.2 Å². The Labute approximate surface area is 272 Å². The topological polar surface area (TPSA) is 82.0 Å². The fraction of sp³-hybridized carbons (Fsp3) is 0.436.